The summed E-state index contributed by atoms with van der Waals surface area (Å²) < 4.78 is 5.02. The van der Waals surface area contributed by atoms with Gasteiger partial charge in [0.05, 0.1) is 11.0 Å². The standard InChI is InChI=1S/C11H11ClO2S/c12-15-11(13)14-10-6-5-8-3-1-2-4-9(8)7-10/h5-7H,1-4H2. The van der Waals surface area contributed by atoms with E-state index in [1.165, 1.54) is 24.0 Å². The summed E-state index contributed by atoms with van der Waals surface area (Å²) >= 11 is 0. The molecule has 80 valence electrons. The summed E-state index contributed by atoms with van der Waals surface area (Å²) in [4.78, 5) is 11.0. The molecule has 0 spiro atoms. The maximum absolute atomic E-state index is 11.0. The molecule has 0 aromatic heterocycles. The smallest absolute Gasteiger partial charge is 0.388 e. The van der Waals surface area contributed by atoms with Gasteiger partial charge in [-0.15, -0.1) is 0 Å². The van der Waals surface area contributed by atoms with Gasteiger partial charge in [0.1, 0.15) is 5.75 Å². The van der Waals surface area contributed by atoms with Gasteiger partial charge in [0, 0.05) is 0 Å². The predicted octanol–water partition coefficient (Wildman–Crippen LogP) is 3.95. The highest BCUT2D eigenvalue weighted by molar-refractivity contribution is 8.32. The van der Waals surface area contributed by atoms with Crippen molar-refractivity contribution in [3.8, 4) is 5.75 Å². The van der Waals surface area contributed by atoms with Crippen LogP contribution >= 0.6 is 21.7 Å². The van der Waals surface area contributed by atoms with Crippen LogP contribution in [0.5, 0.6) is 5.75 Å². The monoisotopic (exact) mass is 242 g/mol. The number of rotatable bonds is 1. The van der Waals surface area contributed by atoms with E-state index >= 15 is 0 Å². The fourth-order valence-corrected chi connectivity index (χ4v) is 2.11. The fourth-order valence-electron chi connectivity index (χ4n) is 1.89. The van der Waals surface area contributed by atoms with Crippen molar-refractivity contribution in [2.75, 3.05) is 0 Å². The molecule has 1 aliphatic carbocycles. The Balaban J connectivity index is 2.17. The zero-order valence-electron chi connectivity index (χ0n) is 8.16. The molecule has 0 bridgehead atoms. The van der Waals surface area contributed by atoms with E-state index in [9.17, 15) is 4.79 Å². The molecular formula is C11H11ClO2S. The number of ether oxygens (including phenoxy) is 1. The molecule has 0 N–H and O–H groups in total. The zero-order chi connectivity index (χ0) is 10.7. The summed E-state index contributed by atoms with van der Waals surface area (Å²) in [6.45, 7) is 0. The number of halogens is 1. The van der Waals surface area contributed by atoms with Gasteiger partial charge >= 0.3 is 5.30 Å². The summed E-state index contributed by atoms with van der Waals surface area (Å²) in [7, 11) is 5.86. The maximum atomic E-state index is 11.0. The van der Waals surface area contributed by atoms with Gasteiger partial charge in [0.25, 0.3) is 0 Å². The first kappa shape index (κ1) is 10.8. The van der Waals surface area contributed by atoms with Crippen LogP contribution in [0.2, 0.25) is 0 Å². The average molecular weight is 243 g/mol. The largest absolute Gasteiger partial charge is 0.418 e. The third-order valence-corrected chi connectivity index (χ3v) is 3.17. The van der Waals surface area contributed by atoms with Gasteiger partial charge in [-0.3, -0.25) is 0 Å². The second-order valence-electron chi connectivity index (χ2n) is 3.57. The van der Waals surface area contributed by atoms with Crippen molar-refractivity contribution in [3.63, 3.8) is 0 Å². The van der Waals surface area contributed by atoms with Gasteiger partial charge in [-0.2, -0.15) is 0 Å². The van der Waals surface area contributed by atoms with Gasteiger partial charge < -0.3 is 4.74 Å². The van der Waals surface area contributed by atoms with Crippen molar-refractivity contribution in [1.29, 1.82) is 0 Å². The molecule has 1 aliphatic rings. The van der Waals surface area contributed by atoms with E-state index in [2.05, 4.69) is 0 Å². The van der Waals surface area contributed by atoms with Crippen molar-refractivity contribution in [2.45, 2.75) is 25.7 Å². The van der Waals surface area contributed by atoms with E-state index in [0.29, 0.717) is 16.7 Å². The van der Waals surface area contributed by atoms with Crippen LogP contribution in [0, 0.1) is 0 Å². The molecule has 2 rings (SSSR count). The summed E-state index contributed by atoms with van der Waals surface area (Å²) in [5.41, 5.74) is 2.67. The van der Waals surface area contributed by atoms with Crippen molar-refractivity contribution in [2.24, 2.45) is 0 Å². The number of benzene rings is 1. The first-order valence-corrected chi connectivity index (χ1v) is 6.56. The molecule has 4 heteroatoms. The van der Waals surface area contributed by atoms with Gasteiger partial charge in [0.2, 0.25) is 0 Å². The molecule has 0 unspecified atom stereocenters. The average Bonchev–Trinajstić information content (AvgIpc) is 2.29. The van der Waals surface area contributed by atoms with Gasteiger partial charge in [0.15, 0.2) is 0 Å². The topological polar surface area (TPSA) is 26.3 Å². The summed E-state index contributed by atoms with van der Waals surface area (Å²) in [6, 6.07) is 5.81. The third-order valence-electron chi connectivity index (χ3n) is 2.58. The van der Waals surface area contributed by atoms with Crippen molar-refractivity contribution in [3.05, 3.63) is 29.3 Å². The minimum absolute atomic E-state index is 0.479. The lowest BCUT2D eigenvalue weighted by Gasteiger charge is -2.15. The highest BCUT2D eigenvalue weighted by atomic mass is 35.7. The van der Waals surface area contributed by atoms with Gasteiger partial charge in [-0.1, -0.05) is 6.07 Å². The summed E-state index contributed by atoms with van der Waals surface area (Å²) in [6.07, 6.45) is 4.68. The van der Waals surface area contributed by atoms with E-state index in [1.807, 2.05) is 18.2 Å². The molecule has 1 aromatic carbocycles. The van der Waals surface area contributed by atoms with Gasteiger partial charge in [-0.25, -0.2) is 4.79 Å². The number of aryl methyl sites for hydroxylation is 2. The van der Waals surface area contributed by atoms with Crippen LogP contribution in [-0.4, -0.2) is 5.30 Å². The van der Waals surface area contributed by atoms with Gasteiger partial charge in [-0.05, 0) is 59.6 Å². The van der Waals surface area contributed by atoms with Crippen LogP contribution in [0.15, 0.2) is 18.2 Å². The Bertz CT molecular complexity index is 379. The van der Waals surface area contributed by atoms with E-state index in [1.54, 1.807) is 0 Å². The lowest BCUT2D eigenvalue weighted by Crippen LogP contribution is -2.04. The highest BCUT2D eigenvalue weighted by Gasteiger charge is 2.11. The molecule has 1 aromatic rings. The summed E-state index contributed by atoms with van der Waals surface area (Å²) in [5.74, 6) is 0.591. The van der Waals surface area contributed by atoms with Crippen LogP contribution in [0.3, 0.4) is 0 Å². The van der Waals surface area contributed by atoms with Crippen LogP contribution in [0.4, 0.5) is 4.79 Å². The molecule has 0 atom stereocenters. The lowest BCUT2D eigenvalue weighted by molar-refractivity contribution is 0.227. The molecule has 15 heavy (non-hydrogen) atoms. The lowest BCUT2D eigenvalue weighted by atomic mass is 9.92. The third kappa shape index (κ3) is 2.67. The Labute approximate surface area is 97.5 Å². The number of carbonyl (C=O) groups is 1. The Morgan fingerprint density at radius 2 is 2.00 bits per heavy atom. The molecule has 0 radical (unpaired) electrons. The fraction of sp³-hybridized carbons (Fsp3) is 0.364. The van der Waals surface area contributed by atoms with Crippen molar-refractivity contribution in [1.82, 2.24) is 0 Å². The number of fused-ring (bicyclic) bond motifs is 1. The van der Waals surface area contributed by atoms with E-state index in [-0.39, 0.29) is 0 Å². The normalized spacial score (nSPS) is 14.5. The number of carbonyl (C=O) groups excluding carboxylic acids is 1. The number of hydrogen-bond acceptors (Lipinski definition) is 3. The zero-order valence-corrected chi connectivity index (χ0v) is 9.74. The second-order valence-corrected chi connectivity index (χ2v) is 4.52. The molecule has 0 fully saturated rings. The summed E-state index contributed by atoms with van der Waals surface area (Å²) in [5, 5.41) is -0.479. The molecule has 0 aliphatic heterocycles. The van der Waals surface area contributed by atoms with E-state index in [4.69, 9.17) is 15.4 Å². The van der Waals surface area contributed by atoms with Crippen LogP contribution in [-0.2, 0) is 12.8 Å². The molecule has 0 saturated heterocycles. The SMILES string of the molecule is O=C(Oc1ccc2c(c1)CCCC2)SCl. The van der Waals surface area contributed by atoms with E-state index in [0.717, 1.165) is 12.8 Å². The quantitative estimate of drug-likeness (QED) is 0.698. The maximum Gasteiger partial charge on any atom is 0.388 e. The second kappa shape index (κ2) is 4.90. The molecular weight excluding hydrogens is 232 g/mol. The number of hydrogen-bond donors (Lipinski definition) is 0. The first-order valence-electron chi connectivity index (χ1n) is 4.92. The molecule has 2 nitrogen and oxygen atoms in total. The molecule has 0 saturated carbocycles. The Hall–Kier alpha value is -0.670. The van der Waals surface area contributed by atoms with E-state index < -0.39 is 5.30 Å². The van der Waals surface area contributed by atoms with Crippen molar-refractivity contribution < 1.29 is 9.53 Å². The Morgan fingerprint density at radius 3 is 2.73 bits per heavy atom. The van der Waals surface area contributed by atoms with Crippen LogP contribution in [0.1, 0.15) is 24.0 Å². The highest BCUT2D eigenvalue weighted by Crippen LogP contribution is 2.26. The molecule has 0 amide bonds. The molecule has 0 heterocycles. The predicted molar refractivity (Wildman–Crippen MR) is 62.6 cm³/mol. The van der Waals surface area contributed by atoms with Crippen LogP contribution in [0.25, 0.3) is 0 Å². The first-order chi connectivity index (χ1) is 7.29. The minimum atomic E-state index is -0.479. The Morgan fingerprint density at radius 1 is 1.27 bits per heavy atom. The van der Waals surface area contributed by atoms with Crippen molar-refractivity contribution >= 4 is 27.0 Å². The minimum Gasteiger partial charge on any atom is -0.418 e. The Kier molecular flexibility index (Phi) is 3.54. The van der Waals surface area contributed by atoms with Crippen LogP contribution < -0.4 is 4.74 Å².